The van der Waals surface area contributed by atoms with Gasteiger partial charge in [-0.25, -0.2) is 4.79 Å². The van der Waals surface area contributed by atoms with Gasteiger partial charge in [0.15, 0.2) is 0 Å². The van der Waals surface area contributed by atoms with Crippen LogP contribution >= 0.6 is 0 Å². The molecule has 0 aliphatic rings. The molecule has 0 bridgehead atoms. The highest BCUT2D eigenvalue weighted by Gasteiger charge is 2.17. The number of hydrogen-bond donors (Lipinski definition) is 1. The normalized spacial score (nSPS) is 11.6. The summed E-state index contributed by atoms with van der Waals surface area (Å²) < 4.78 is 5.01. The van der Waals surface area contributed by atoms with E-state index in [4.69, 9.17) is 4.74 Å². The number of anilines is 1. The molecule has 0 fully saturated rings. The van der Waals surface area contributed by atoms with E-state index in [2.05, 4.69) is 11.9 Å². The third-order valence-corrected chi connectivity index (χ3v) is 2.33. The maximum Gasteiger partial charge on any atom is 0.328 e. The number of ether oxygens (including phenoxy) is 1. The topological polar surface area (TPSA) is 38.3 Å². The van der Waals surface area contributed by atoms with E-state index in [1.54, 1.807) is 13.0 Å². The lowest BCUT2D eigenvalue weighted by Gasteiger charge is -2.17. The van der Waals surface area contributed by atoms with E-state index < -0.39 is 0 Å². The second-order valence-corrected chi connectivity index (χ2v) is 3.84. The van der Waals surface area contributed by atoms with Gasteiger partial charge < -0.3 is 10.1 Å². The first-order valence-electron chi connectivity index (χ1n) is 5.78. The molecule has 1 atom stereocenters. The van der Waals surface area contributed by atoms with E-state index in [0.29, 0.717) is 13.0 Å². The number of carbonyl (C=O) groups excluding carboxylic acids is 1. The highest BCUT2D eigenvalue weighted by molar-refractivity contribution is 5.79. The molecule has 0 heterocycles. The number of aryl methyl sites for hydroxylation is 1. The zero-order valence-corrected chi connectivity index (χ0v) is 10.4. The number of nitrogens with one attached hydrogen (secondary N) is 1. The van der Waals surface area contributed by atoms with E-state index in [1.165, 1.54) is 0 Å². The van der Waals surface area contributed by atoms with Crippen LogP contribution in [0.15, 0.2) is 36.9 Å². The summed E-state index contributed by atoms with van der Waals surface area (Å²) in [5.41, 5.74) is 2.07. The van der Waals surface area contributed by atoms with Gasteiger partial charge in [-0.05, 0) is 38.0 Å². The zero-order chi connectivity index (χ0) is 12.7. The van der Waals surface area contributed by atoms with Crippen LogP contribution in [-0.4, -0.2) is 18.6 Å². The molecule has 1 unspecified atom stereocenters. The predicted octanol–water partition coefficient (Wildman–Crippen LogP) is 2.91. The minimum atomic E-state index is -0.366. The molecule has 3 heteroatoms. The molecule has 1 rings (SSSR count). The first-order chi connectivity index (χ1) is 8.17. The Morgan fingerprint density at radius 3 is 2.94 bits per heavy atom. The second kappa shape index (κ2) is 6.74. The molecular weight excluding hydrogens is 214 g/mol. The van der Waals surface area contributed by atoms with Crippen LogP contribution in [0.3, 0.4) is 0 Å². The highest BCUT2D eigenvalue weighted by Crippen LogP contribution is 2.13. The number of carbonyl (C=O) groups is 1. The molecule has 3 nitrogen and oxygen atoms in total. The van der Waals surface area contributed by atoms with Crippen LogP contribution in [0.2, 0.25) is 0 Å². The maximum absolute atomic E-state index is 11.7. The summed E-state index contributed by atoms with van der Waals surface area (Å²) in [5.74, 6) is -0.242. The smallest absolute Gasteiger partial charge is 0.328 e. The monoisotopic (exact) mass is 233 g/mol. The number of hydrogen-bond acceptors (Lipinski definition) is 3. The maximum atomic E-state index is 11.7. The van der Waals surface area contributed by atoms with Crippen LogP contribution in [0.1, 0.15) is 18.9 Å². The second-order valence-electron chi connectivity index (χ2n) is 3.84. The lowest BCUT2D eigenvalue weighted by atomic mass is 10.1. The Morgan fingerprint density at radius 2 is 2.35 bits per heavy atom. The van der Waals surface area contributed by atoms with Gasteiger partial charge in [0, 0.05) is 5.69 Å². The summed E-state index contributed by atoms with van der Waals surface area (Å²) in [6.07, 6.45) is 2.26. The Bertz CT molecular complexity index is 388. The van der Waals surface area contributed by atoms with Crippen molar-refractivity contribution in [3.05, 3.63) is 42.5 Å². The summed E-state index contributed by atoms with van der Waals surface area (Å²) in [7, 11) is 0. The van der Waals surface area contributed by atoms with Crippen LogP contribution < -0.4 is 5.32 Å². The van der Waals surface area contributed by atoms with Gasteiger partial charge in [0.2, 0.25) is 0 Å². The summed E-state index contributed by atoms with van der Waals surface area (Å²) >= 11 is 0. The standard InChI is InChI=1S/C14H19NO2/c1-4-7-13(14(16)17-5-2)15-12-9-6-8-11(3)10-12/h4,6,8-10,13,15H,1,5,7H2,2-3H3. The molecule has 0 radical (unpaired) electrons. The molecule has 0 spiro atoms. The van der Waals surface area contributed by atoms with E-state index in [-0.39, 0.29) is 12.0 Å². The summed E-state index contributed by atoms with van der Waals surface area (Å²) in [6.45, 7) is 7.86. The van der Waals surface area contributed by atoms with Crippen LogP contribution in [0, 0.1) is 6.92 Å². The van der Waals surface area contributed by atoms with Crippen molar-refractivity contribution in [2.45, 2.75) is 26.3 Å². The van der Waals surface area contributed by atoms with Gasteiger partial charge >= 0.3 is 5.97 Å². The fraction of sp³-hybridized carbons (Fsp3) is 0.357. The van der Waals surface area contributed by atoms with Crippen molar-refractivity contribution < 1.29 is 9.53 Å². The Labute approximate surface area is 102 Å². The molecule has 0 saturated heterocycles. The van der Waals surface area contributed by atoms with Gasteiger partial charge in [-0.15, -0.1) is 6.58 Å². The van der Waals surface area contributed by atoms with Crippen LogP contribution in [-0.2, 0) is 9.53 Å². The van der Waals surface area contributed by atoms with Crippen molar-refractivity contribution >= 4 is 11.7 Å². The molecule has 1 aromatic rings. The van der Waals surface area contributed by atoms with Crippen molar-refractivity contribution in [3.8, 4) is 0 Å². The van der Waals surface area contributed by atoms with Crippen LogP contribution in [0.25, 0.3) is 0 Å². The lowest BCUT2D eigenvalue weighted by Crippen LogP contribution is -2.30. The number of benzene rings is 1. The Hall–Kier alpha value is -1.77. The average molecular weight is 233 g/mol. The van der Waals surface area contributed by atoms with Gasteiger partial charge in [0.05, 0.1) is 6.61 Å². The molecule has 1 aromatic carbocycles. The van der Waals surface area contributed by atoms with Crippen molar-refractivity contribution in [1.82, 2.24) is 0 Å². The zero-order valence-electron chi connectivity index (χ0n) is 10.4. The van der Waals surface area contributed by atoms with Crippen molar-refractivity contribution in [3.63, 3.8) is 0 Å². The van der Waals surface area contributed by atoms with Crippen LogP contribution in [0.5, 0.6) is 0 Å². The quantitative estimate of drug-likeness (QED) is 0.606. The van der Waals surface area contributed by atoms with Crippen LogP contribution in [0.4, 0.5) is 5.69 Å². The predicted molar refractivity (Wildman–Crippen MR) is 70.0 cm³/mol. The van der Waals surface area contributed by atoms with Gasteiger partial charge in [-0.2, -0.15) is 0 Å². The average Bonchev–Trinajstić information content (AvgIpc) is 2.29. The van der Waals surface area contributed by atoms with Gasteiger partial charge in [-0.3, -0.25) is 0 Å². The van der Waals surface area contributed by atoms with E-state index >= 15 is 0 Å². The molecule has 0 saturated carbocycles. The largest absolute Gasteiger partial charge is 0.464 e. The fourth-order valence-electron chi connectivity index (χ4n) is 1.56. The van der Waals surface area contributed by atoms with Crippen molar-refractivity contribution in [2.24, 2.45) is 0 Å². The van der Waals surface area contributed by atoms with E-state index in [1.807, 2.05) is 31.2 Å². The molecule has 0 amide bonds. The van der Waals surface area contributed by atoms with E-state index in [0.717, 1.165) is 11.3 Å². The third-order valence-electron chi connectivity index (χ3n) is 2.33. The Kier molecular flexibility index (Phi) is 5.27. The summed E-state index contributed by atoms with van der Waals surface area (Å²) in [5, 5.41) is 3.16. The Morgan fingerprint density at radius 1 is 1.59 bits per heavy atom. The molecule has 17 heavy (non-hydrogen) atoms. The molecule has 0 aliphatic carbocycles. The van der Waals surface area contributed by atoms with Gasteiger partial charge in [-0.1, -0.05) is 18.2 Å². The Balaban J connectivity index is 2.72. The van der Waals surface area contributed by atoms with Gasteiger partial charge in [0.1, 0.15) is 6.04 Å². The fourth-order valence-corrected chi connectivity index (χ4v) is 1.56. The number of esters is 1. The van der Waals surface area contributed by atoms with Crippen molar-refractivity contribution in [2.75, 3.05) is 11.9 Å². The summed E-state index contributed by atoms with van der Waals surface area (Å²) in [6, 6.07) is 7.53. The minimum absolute atomic E-state index is 0.242. The van der Waals surface area contributed by atoms with Crippen molar-refractivity contribution in [1.29, 1.82) is 0 Å². The molecule has 1 N–H and O–H groups in total. The molecular formula is C14H19NO2. The SMILES string of the molecule is C=CCC(Nc1cccc(C)c1)C(=O)OCC. The molecule has 92 valence electrons. The molecule has 0 aliphatic heterocycles. The first-order valence-corrected chi connectivity index (χ1v) is 5.78. The highest BCUT2D eigenvalue weighted by atomic mass is 16.5. The lowest BCUT2D eigenvalue weighted by molar-refractivity contribution is -0.143. The first kappa shape index (κ1) is 13.3. The third kappa shape index (κ3) is 4.31. The number of rotatable bonds is 6. The molecule has 0 aromatic heterocycles. The van der Waals surface area contributed by atoms with E-state index in [9.17, 15) is 4.79 Å². The van der Waals surface area contributed by atoms with Gasteiger partial charge in [0.25, 0.3) is 0 Å². The minimum Gasteiger partial charge on any atom is -0.464 e. The summed E-state index contributed by atoms with van der Waals surface area (Å²) in [4.78, 5) is 11.7.